The first kappa shape index (κ1) is 21.5. The highest BCUT2D eigenvalue weighted by atomic mass is 16.5. The molecule has 0 bridgehead atoms. The van der Waals surface area contributed by atoms with Crippen molar-refractivity contribution < 1.29 is 14.1 Å². The van der Waals surface area contributed by atoms with E-state index in [1.165, 1.54) is 24.8 Å². The first-order valence-electron chi connectivity index (χ1n) is 10.8. The Balaban J connectivity index is 1.37. The number of carbonyl (C=O) groups is 1. The molecule has 0 radical (unpaired) electrons. The number of benzene rings is 1. The van der Waals surface area contributed by atoms with Crippen LogP contribution in [0.1, 0.15) is 70.2 Å². The van der Waals surface area contributed by atoms with E-state index in [9.17, 15) is 4.79 Å². The van der Waals surface area contributed by atoms with E-state index in [1.807, 2.05) is 12.1 Å². The van der Waals surface area contributed by atoms with E-state index in [-0.39, 0.29) is 5.91 Å². The standard InChI is InChI=1S/C23H33N3O3/c1-16(2)18-8-10-19(11-9-18)23-25-22(29-26-23)13-12-21(27)24-14-15-28-20-7-5-4-6-17(20)3/h8-11,16-17,20H,4-7,12-15H2,1-3H3,(H,24,27). The van der Waals surface area contributed by atoms with Crippen LogP contribution in [0.2, 0.25) is 0 Å². The zero-order chi connectivity index (χ0) is 20.6. The molecule has 2 unspecified atom stereocenters. The van der Waals surface area contributed by atoms with E-state index >= 15 is 0 Å². The molecule has 1 fully saturated rings. The van der Waals surface area contributed by atoms with Gasteiger partial charge in [-0.2, -0.15) is 4.98 Å². The Bertz CT molecular complexity index is 770. The van der Waals surface area contributed by atoms with Crippen LogP contribution in [-0.4, -0.2) is 35.3 Å². The predicted octanol–water partition coefficient (Wildman–Crippen LogP) is 4.50. The average Bonchev–Trinajstić information content (AvgIpc) is 3.20. The Morgan fingerprint density at radius 1 is 1.24 bits per heavy atom. The molecule has 6 nitrogen and oxygen atoms in total. The third-order valence-corrected chi connectivity index (χ3v) is 5.66. The molecule has 3 rings (SSSR count). The van der Waals surface area contributed by atoms with Crippen LogP contribution >= 0.6 is 0 Å². The van der Waals surface area contributed by atoms with Gasteiger partial charge in [-0.05, 0) is 30.2 Å². The molecule has 1 N–H and O–H groups in total. The Kier molecular flexibility index (Phi) is 7.81. The molecule has 2 aromatic rings. The number of nitrogens with one attached hydrogen (secondary N) is 1. The molecule has 1 aromatic heterocycles. The van der Waals surface area contributed by atoms with Gasteiger partial charge in [0.05, 0.1) is 12.7 Å². The van der Waals surface area contributed by atoms with Crippen LogP contribution in [0.5, 0.6) is 0 Å². The third-order valence-electron chi connectivity index (χ3n) is 5.66. The minimum atomic E-state index is -0.0219. The fourth-order valence-electron chi connectivity index (χ4n) is 3.73. The summed E-state index contributed by atoms with van der Waals surface area (Å²) in [6.45, 7) is 7.68. The number of aromatic nitrogens is 2. The summed E-state index contributed by atoms with van der Waals surface area (Å²) in [5.74, 6) is 2.13. The number of rotatable bonds is 9. The Hall–Kier alpha value is -2.21. The van der Waals surface area contributed by atoms with Gasteiger partial charge >= 0.3 is 0 Å². The van der Waals surface area contributed by atoms with E-state index in [0.717, 1.165) is 12.0 Å². The van der Waals surface area contributed by atoms with Crippen LogP contribution in [0.3, 0.4) is 0 Å². The fourth-order valence-corrected chi connectivity index (χ4v) is 3.73. The molecule has 1 saturated carbocycles. The lowest BCUT2D eigenvalue weighted by molar-refractivity contribution is -0.121. The third kappa shape index (κ3) is 6.39. The molecule has 0 aliphatic heterocycles. The molecule has 2 atom stereocenters. The first-order chi connectivity index (χ1) is 14.0. The molecule has 1 heterocycles. The van der Waals surface area contributed by atoms with E-state index in [1.54, 1.807) is 0 Å². The van der Waals surface area contributed by atoms with Crippen molar-refractivity contribution >= 4 is 5.91 Å². The summed E-state index contributed by atoms with van der Waals surface area (Å²) in [6.07, 6.45) is 6.03. The van der Waals surface area contributed by atoms with Gasteiger partial charge in [0.1, 0.15) is 0 Å². The van der Waals surface area contributed by atoms with Crippen molar-refractivity contribution in [2.24, 2.45) is 5.92 Å². The van der Waals surface area contributed by atoms with Gasteiger partial charge < -0.3 is 14.6 Å². The van der Waals surface area contributed by atoms with Gasteiger partial charge in [0.15, 0.2) is 0 Å². The van der Waals surface area contributed by atoms with Crippen molar-refractivity contribution in [2.75, 3.05) is 13.2 Å². The van der Waals surface area contributed by atoms with Gasteiger partial charge in [0, 0.05) is 24.9 Å². The van der Waals surface area contributed by atoms with Gasteiger partial charge in [-0.25, -0.2) is 0 Å². The minimum Gasteiger partial charge on any atom is -0.376 e. The number of hydrogen-bond acceptors (Lipinski definition) is 5. The molecule has 1 aliphatic carbocycles. The maximum atomic E-state index is 12.1. The highest BCUT2D eigenvalue weighted by molar-refractivity contribution is 5.76. The summed E-state index contributed by atoms with van der Waals surface area (Å²) in [5.41, 5.74) is 2.19. The van der Waals surface area contributed by atoms with Crippen LogP contribution in [0.4, 0.5) is 0 Å². The summed E-state index contributed by atoms with van der Waals surface area (Å²) in [7, 11) is 0. The van der Waals surface area contributed by atoms with Crippen LogP contribution < -0.4 is 5.32 Å². The average molecular weight is 400 g/mol. The fraction of sp³-hybridized carbons (Fsp3) is 0.609. The van der Waals surface area contributed by atoms with Gasteiger partial charge in [-0.15, -0.1) is 0 Å². The summed E-state index contributed by atoms with van der Waals surface area (Å²) in [5, 5.41) is 6.94. The normalized spacial score (nSPS) is 19.4. The van der Waals surface area contributed by atoms with Crippen LogP contribution in [-0.2, 0) is 16.0 Å². The summed E-state index contributed by atoms with van der Waals surface area (Å²) in [4.78, 5) is 16.5. The van der Waals surface area contributed by atoms with Gasteiger partial charge in [-0.1, -0.05) is 63.0 Å². The number of amides is 1. The highest BCUT2D eigenvalue weighted by Crippen LogP contribution is 2.26. The molecular formula is C23H33N3O3. The van der Waals surface area contributed by atoms with Crippen molar-refractivity contribution in [3.05, 3.63) is 35.7 Å². The molecule has 6 heteroatoms. The molecule has 0 saturated heterocycles. The van der Waals surface area contributed by atoms with Crippen molar-refractivity contribution in [1.29, 1.82) is 0 Å². The maximum Gasteiger partial charge on any atom is 0.227 e. The van der Waals surface area contributed by atoms with E-state index < -0.39 is 0 Å². The number of ether oxygens (including phenoxy) is 1. The van der Waals surface area contributed by atoms with E-state index in [2.05, 4.69) is 48.4 Å². The number of aryl methyl sites for hydroxylation is 1. The quantitative estimate of drug-likeness (QED) is 0.628. The molecule has 0 spiro atoms. The van der Waals surface area contributed by atoms with Crippen LogP contribution in [0.25, 0.3) is 11.4 Å². The SMILES string of the molecule is CC(C)c1ccc(-c2noc(CCC(=O)NCCOC3CCCCC3C)n2)cc1. The minimum absolute atomic E-state index is 0.0219. The lowest BCUT2D eigenvalue weighted by Gasteiger charge is -2.28. The van der Waals surface area contributed by atoms with Crippen molar-refractivity contribution in [2.45, 2.75) is 71.3 Å². The topological polar surface area (TPSA) is 77.2 Å². The number of nitrogens with zero attached hydrogens (tertiary/aromatic N) is 2. The van der Waals surface area contributed by atoms with Crippen molar-refractivity contribution in [3.8, 4) is 11.4 Å². The Morgan fingerprint density at radius 2 is 2.00 bits per heavy atom. The molecule has 1 aliphatic rings. The molecular weight excluding hydrogens is 366 g/mol. The van der Waals surface area contributed by atoms with Crippen LogP contribution in [0, 0.1) is 5.92 Å². The second-order valence-electron chi connectivity index (χ2n) is 8.31. The second-order valence-corrected chi connectivity index (χ2v) is 8.31. The van der Waals surface area contributed by atoms with Crippen molar-refractivity contribution in [3.63, 3.8) is 0 Å². The van der Waals surface area contributed by atoms with E-state index in [0.29, 0.717) is 55.6 Å². The molecule has 1 aromatic carbocycles. The zero-order valence-corrected chi connectivity index (χ0v) is 17.8. The Morgan fingerprint density at radius 3 is 2.72 bits per heavy atom. The lowest BCUT2D eigenvalue weighted by Crippen LogP contribution is -2.31. The van der Waals surface area contributed by atoms with Crippen molar-refractivity contribution in [1.82, 2.24) is 15.5 Å². The largest absolute Gasteiger partial charge is 0.376 e. The van der Waals surface area contributed by atoms with Gasteiger partial charge in [-0.3, -0.25) is 4.79 Å². The Labute approximate surface area is 173 Å². The molecule has 158 valence electrons. The van der Waals surface area contributed by atoms with E-state index in [4.69, 9.17) is 9.26 Å². The predicted molar refractivity (Wildman–Crippen MR) is 113 cm³/mol. The highest BCUT2D eigenvalue weighted by Gasteiger charge is 2.21. The molecule has 1 amide bonds. The first-order valence-corrected chi connectivity index (χ1v) is 10.8. The zero-order valence-electron chi connectivity index (χ0n) is 17.8. The van der Waals surface area contributed by atoms with Gasteiger partial charge in [0.2, 0.25) is 17.6 Å². The van der Waals surface area contributed by atoms with Gasteiger partial charge in [0.25, 0.3) is 0 Å². The number of hydrogen-bond donors (Lipinski definition) is 1. The molecule has 29 heavy (non-hydrogen) atoms. The monoisotopic (exact) mass is 399 g/mol. The summed E-state index contributed by atoms with van der Waals surface area (Å²) < 4.78 is 11.2. The lowest BCUT2D eigenvalue weighted by atomic mass is 9.88. The smallest absolute Gasteiger partial charge is 0.227 e. The second kappa shape index (κ2) is 10.5. The van der Waals surface area contributed by atoms with Crippen LogP contribution in [0.15, 0.2) is 28.8 Å². The summed E-state index contributed by atoms with van der Waals surface area (Å²) >= 11 is 0. The maximum absolute atomic E-state index is 12.1. The summed E-state index contributed by atoms with van der Waals surface area (Å²) in [6, 6.07) is 8.17. The number of carbonyl (C=O) groups excluding carboxylic acids is 1.